The van der Waals surface area contributed by atoms with E-state index in [0.29, 0.717) is 5.16 Å². The second-order valence-corrected chi connectivity index (χ2v) is 10.9. The fraction of sp³-hybridized carbons (Fsp3) is 0.458. The van der Waals surface area contributed by atoms with E-state index >= 15 is 0 Å². The number of carbonyl (C=O) groups excluding carboxylic acids is 1. The quantitative estimate of drug-likeness (QED) is 0.423. The van der Waals surface area contributed by atoms with E-state index in [2.05, 4.69) is 0 Å². The van der Waals surface area contributed by atoms with Crippen LogP contribution in [0, 0.1) is 6.92 Å². The highest BCUT2D eigenvalue weighted by Gasteiger charge is 2.28. The maximum atomic E-state index is 13.8. The highest BCUT2D eigenvalue weighted by Crippen LogP contribution is 2.36. The summed E-state index contributed by atoms with van der Waals surface area (Å²) in [6.07, 6.45) is 6.44. The number of piperidine rings is 1. The van der Waals surface area contributed by atoms with E-state index in [1.807, 2.05) is 43.0 Å². The van der Waals surface area contributed by atoms with Gasteiger partial charge in [0.25, 0.3) is 5.56 Å². The van der Waals surface area contributed by atoms with Crippen LogP contribution in [-0.4, -0.2) is 38.7 Å². The number of thiophene rings is 1. The molecule has 162 valence electrons. The van der Waals surface area contributed by atoms with Gasteiger partial charge in [-0.2, -0.15) is 0 Å². The van der Waals surface area contributed by atoms with Gasteiger partial charge in [-0.25, -0.2) is 4.98 Å². The summed E-state index contributed by atoms with van der Waals surface area (Å²) in [6, 6.07) is 7.96. The molecule has 2 aromatic heterocycles. The minimum atomic E-state index is -0.287. The Morgan fingerprint density at radius 3 is 2.74 bits per heavy atom. The topological polar surface area (TPSA) is 55.2 Å². The minimum absolute atomic E-state index is 0.00452. The van der Waals surface area contributed by atoms with Gasteiger partial charge >= 0.3 is 0 Å². The standard InChI is InChI=1S/C24H27N3O2S2/c1-15-8-6-9-17(14-15)27-23(29)20-18-10-7-11-19(18)31-21(20)25-24(27)30-16(2)22(28)26-12-4-3-5-13-26/h6,8-9,14,16H,3-5,7,10-13H2,1-2H3/t16-/m0/s1. The molecule has 0 N–H and O–H groups in total. The van der Waals surface area contributed by atoms with Gasteiger partial charge in [-0.3, -0.25) is 14.2 Å². The summed E-state index contributed by atoms with van der Waals surface area (Å²) in [5, 5.41) is 1.10. The smallest absolute Gasteiger partial charge is 0.267 e. The molecule has 7 heteroatoms. The lowest BCUT2D eigenvalue weighted by atomic mass is 10.1. The molecule has 5 rings (SSSR count). The Morgan fingerprint density at radius 1 is 1.16 bits per heavy atom. The molecule has 31 heavy (non-hydrogen) atoms. The molecule has 1 aromatic carbocycles. The third-order valence-electron chi connectivity index (χ3n) is 6.27. The molecular weight excluding hydrogens is 426 g/mol. The van der Waals surface area contributed by atoms with Gasteiger partial charge in [0.1, 0.15) is 4.83 Å². The van der Waals surface area contributed by atoms with E-state index < -0.39 is 0 Å². The zero-order valence-corrected chi connectivity index (χ0v) is 19.7. The number of hydrogen-bond acceptors (Lipinski definition) is 5. The molecular formula is C24H27N3O2S2. The van der Waals surface area contributed by atoms with Crippen molar-refractivity contribution in [1.82, 2.24) is 14.5 Å². The number of benzene rings is 1. The average molecular weight is 454 g/mol. The average Bonchev–Trinajstić information content (AvgIpc) is 3.35. The Bertz CT molecular complexity index is 1210. The number of amides is 1. The molecule has 1 aliphatic heterocycles. The normalized spacial score (nSPS) is 17.2. The van der Waals surface area contributed by atoms with Crippen molar-refractivity contribution >= 4 is 39.2 Å². The van der Waals surface area contributed by atoms with Crippen LogP contribution in [0.3, 0.4) is 0 Å². The maximum Gasteiger partial charge on any atom is 0.267 e. The van der Waals surface area contributed by atoms with Crippen molar-refractivity contribution in [1.29, 1.82) is 0 Å². The SMILES string of the molecule is Cc1cccc(-n2c(S[C@@H](C)C(=O)N3CCCCC3)nc3sc4c(c3c2=O)CCC4)c1. The van der Waals surface area contributed by atoms with Crippen molar-refractivity contribution in [3.8, 4) is 5.69 Å². The van der Waals surface area contributed by atoms with Crippen molar-refractivity contribution in [2.75, 3.05) is 13.1 Å². The van der Waals surface area contributed by atoms with E-state index in [0.717, 1.165) is 66.7 Å². The molecule has 0 radical (unpaired) electrons. The number of nitrogens with zero attached hydrogens (tertiary/aromatic N) is 3. The largest absolute Gasteiger partial charge is 0.342 e. The molecule has 1 amide bonds. The van der Waals surface area contributed by atoms with E-state index in [-0.39, 0.29) is 16.7 Å². The van der Waals surface area contributed by atoms with Crippen LogP contribution < -0.4 is 5.56 Å². The summed E-state index contributed by atoms with van der Waals surface area (Å²) in [5.41, 5.74) is 3.09. The van der Waals surface area contributed by atoms with Crippen LogP contribution in [-0.2, 0) is 17.6 Å². The highest BCUT2D eigenvalue weighted by molar-refractivity contribution is 8.00. The van der Waals surface area contributed by atoms with Gasteiger partial charge in [-0.15, -0.1) is 11.3 Å². The first-order chi connectivity index (χ1) is 15.0. The van der Waals surface area contributed by atoms with E-state index in [1.165, 1.54) is 28.6 Å². The van der Waals surface area contributed by atoms with Gasteiger partial charge < -0.3 is 4.90 Å². The van der Waals surface area contributed by atoms with Gasteiger partial charge in [0.05, 0.1) is 16.3 Å². The second kappa shape index (κ2) is 8.43. The lowest BCUT2D eigenvalue weighted by molar-refractivity contribution is -0.131. The van der Waals surface area contributed by atoms with E-state index in [1.54, 1.807) is 15.9 Å². The number of fused-ring (bicyclic) bond motifs is 3. The van der Waals surface area contributed by atoms with Crippen LogP contribution >= 0.6 is 23.1 Å². The van der Waals surface area contributed by atoms with Crippen LogP contribution in [0.15, 0.2) is 34.2 Å². The molecule has 3 aromatic rings. The van der Waals surface area contributed by atoms with Gasteiger partial charge in [0, 0.05) is 18.0 Å². The predicted molar refractivity (Wildman–Crippen MR) is 128 cm³/mol. The van der Waals surface area contributed by atoms with Gasteiger partial charge in [0.15, 0.2) is 5.16 Å². The minimum Gasteiger partial charge on any atom is -0.342 e. The van der Waals surface area contributed by atoms with Crippen LogP contribution in [0.2, 0.25) is 0 Å². The highest BCUT2D eigenvalue weighted by atomic mass is 32.2. The number of hydrogen-bond donors (Lipinski definition) is 0. The molecule has 1 atom stereocenters. The number of likely N-dealkylation sites (tertiary alicyclic amines) is 1. The van der Waals surface area contributed by atoms with Crippen LogP contribution in [0.5, 0.6) is 0 Å². The van der Waals surface area contributed by atoms with Crippen molar-refractivity contribution in [2.24, 2.45) is 0 Å². The number of aromatic nitrogens is 2. The summed E-state index contributed by atoms with van der Waals surface area (Å²) < 4.78 is 1.73. The molecule has 2 aliphatic rings. The Morgan fingerprint density at radius 2 is 1.97 bits per heavy atom. The molecule has 1 fully saturated rings. The summed E-state index contributed by atoms with van der Waals surface area (Å²) >= 11 is 3.06. The number of rotatable bonds is 4. The van der Waals surface area contributed by atoms with Crippen LogP contribution in [0.25, 0.3) is 15.9 Å². The zero-order chi connectivity index (χ0) is 21.5. The lowest BCUT2D eigenvalue weighted by Crippen LogP contribution is -2.40. The monoisotopic (exact) mass is 453 g/mol. The Hall–Kier alpha value is -2.12. The first-order valence-electron chi connectivity index (χ1n) is 11.1. The third kappa shape index (κ3) is 3.82. The Labute approximate surface area is 190 Å². The van der Waals surface area contributed by atoms with Crippen molar-refractivity contribution in [2.45, 2.75) is 62.8 Å². The number of thioether (sulfide) groups is 1. The molecule has 0 unspecified atom stereocenters. The number of aryl methyl sites for hydroxylation is 3. The van der Waals surface area contributed by atoms with Gasteiger partial charge in [-0.05, 0) is 75.6 Å². The molecule has 0 spiro atoms. The van der Waals surface area contributed by atoms with Crippen LogP contribution in [0.4, 0.5) is 0 Å². The molecule has 0 saturated carbocycles. The summed E-state index contributed by atoms with van der Waals surface area (Å²) in [7, 11) is 0. The maximum absolute atomic E-state index is 13.8. The second-order valence-electron chi connectivity index (χ2n) is 8.56. The lowest BCUT2D eigenvalue weighted by Gasteiger charge is -2.29. The van der Waals surface area contributed by atoms with Crippen LogP contribution in [0.1, 0.15) is 48.6 Å². The van der Waals surface area contributed by atoms with Gasteiger partial charge in [0.2, 0.25) is 5.91 Å². The summed E-state index contributed by atoms with van der Waals surface area (Å²) in [4.78, 5) is 35.8. The van der Waals surface area contributed by atoms with Crippen molar-refractivity contribution < 1.29 is 4.79 Å². The zero-order valence-electron chi connectivity index (χ0n) is 18.0. The van der Waals surface area contributed by atoms with Crippen molar-refractivity contribution in [3.05, 3.63) is 50.6 Å². The molecule has 1 aliphatic carbocycles. The summed E-state index contributed by atoms with van der Waals surface area (Å²) in [5.74, 6) is 0.142. The molecule has 3 heterocycles. The Balaban J connectivity index is 1.60. The number of carbonyl (C=O) groups is 1. The van der Waals surface area contributed by atoms with E-state index in [9.17, 15) is 9.59 Å². The Kier molecular flexibility index (Phi) is 5.65. The molecule has 0 bridgehead atoms. The summed E-state index contributed by atoms with van der Waals surface area (Å²) in [6.45, 7) is 5.63. The fourth-order valence-corrected chi connectivity index (χ4v) is 6.99. The molecule has 5 nitrogen and oxygen atoms in total. The predicted octanol–water partition coefficient (Wildman–Crippen LogP) is 4.74. The van der Waals surface area contributed by atoms with E-state index in [4.69, 9.17) is 4.98 Å². The molecule has 1 saturated heterocycles. The fourth-order valence-electron chi connectivity index (χ4n) is 4.68. The first kappa shape index (κ1) is 20.8. The first-order valence-corrected chi connectivity index (χ1v) is 12.8. The van der Waals surface area contributed by atoms with Crippen molar-refractivity contribution in [3.63, 3.8) is 0 Å². The third-order valence-corrected chi connectivity index (χ3v) is 8.49. The van der Waals surface area contributed by atoms with Gasteiger partial charge in [-0.1, -0.05) is 23.9 Å².